The van der Waals surface area contributed by atoms with Crippen molar-refractivity contribution in [1.29, 1.82) is 0 Å². The van der Waals surface area contributed by atoms with Crippen LogP contribution in [0.3, 0.4) is 0 Å². The molecule has 0 unspecified atom stereocenters. The zero-order valence-electron chi connectivity index (χ0n) is 13.9. The average Bonchev–Trinajstić information content (AvgIpc) is 3.10. The van der Waals surface area contributed by atoms with E-state index in [4.69, 9.17) is 17.3 Å². The second kappa shape index (κ2) is 7.10. The van der Waals surface area contributed by atoms with Crippen molar-refractivity contribution in [1.82, 2.24) is 24.6 Å². The molecule has 2 N–H and O–H groups in total. The second-order valence-corrected chi connectivity index (χ2v) is 6.15. The molecule has 3 rings (SSSR count). The van der Waals surface area contributed by atoms with Gasteiger partial charge in [0.1, 0.15) is 6.33 Å². The molecule has 1 fully saturated rings. The van der Waals surface area contributed by atoms with Gasteiger partial charge in [-0.1, -0.05) is 18.5 Å². The first-order chi connectivity index (χ1) is 12.0. The molecule has 1 aromatic carbocycles. The van der Waals surface area contributed by atoms with Gasteiger partial charge in [-0.05, 0) is 18.2 Å². The maximum absolute atomic E-state index is 12.6. The van der Waals surface area contributed by atoms with Crippen LogP contribution in [0.25, 0.3) is 5.69 Å². The van der Waals surface area contributed by atoms with Gasteiger partial charge in [0.25, 0.3) is 5.91 Å². The molecule has 0 radical (unpaired) electrons. The van der Waals surface area contributed by atoms with Gasteiger partial charge in [0, 0.05) is 38.2 Å². The standard InChI is InChI=1S/C16H19ClN6O2/c1-2-14-19-10-23(20-14)13-4-3-11(9-12(13)17)15(24)21-5-7-22(8-6-21)16(18)25/h3-4,9-10H,2,5-8H2,1H3,(H2,18,25). The second-order valence-electron chi connectivity index (χ2n) is 5.74. The minimum absolute atomic E-state index is 0.120. The first-order valence-corrected chi connectivity index (χ1v) is 8.41. The van der Waals surface area contributed by atoms with Crippen LogP contribution in [-0.2, 0) is 6.42 Å². The van der Waals surface area contributed by atoms with Crippen molar-refractivity contribution in [2.45, 2.75) is 13.3 Å². The van der Waals surface area contributed by atoms with Crippen LogP contribution < -0.4 is 5.73 Å². The number of primary amides is 1. The Labute approximate surface area is 150 Å². The Kier molecular flexibility index (Phi) is 4.89. The van der Waals surface area contributed by atoms with Crippen LogP contribution in [0.4, 0.5) is 4.79 Å². The van der Waals surface area contributed by atoms with E-state index in [1.165, 1.54) is 4.90 Å². The Balaban J connectivity index is 1.74. The summed E-state index contributed by atoms with van der Waals surface area (Å²) in [6.07, 6.45) is 2.34. The summed E-state index contributed by atoms with van der Waals surface area (Å²) >= 11 is 6.34. The van der Waals surface area contributed by atoms with Crippen LogP contribution >= 0.6 is 11.6 Å². The smallest absolute Gasteiger partial charge is 0.314 e. The van der Waals surface area contributed by atoms with Gasteiger partial charge in [-0.15, -0.1) is 0 Å². The molecule has 9 heteroatoms. The molecular weight excluding hydrogens is 344 g/mol. The van der Waals surface area contributed by atoms with Gasteiger partial charge in [0.15, 0.2) is 5.82 Å². The highest BCUT2D eigenvalue weighted by Crippen LogP contribution is 2.22. The van der Waals surface area contributed by atoms with E-state index in [2.05, 4.69) is 10.1 Å². The third-order valence-electron chi connectivity index (χ3n) is 4.18. The lowest BCUT2D eigenvalue weighted by Gasteiger charge is -2.33. The lowest BCUT2D eigenvalue weighted by atomic mass is 10.1. The minimum atomic E-state index is -0.459. The number of nitrogens with two attached hydrogens (primary N) is 1. The van der Waals surface area contributed by atoms with Gasteiger partial charge in [-0.3, -0.25) is 4.79 Å². The number of hydrogen-bond acceptors (Lipinski definition) is 4. The molecule has 25 heavy (non-hydrogen) atoms. The predicted molar refractivity (Wildman–Crippen MR) is 92.8 cm³/mol. The number of benzene rings is 1. The number of hydrogen-bond donors (Lipinski definition) is 1. The highest BCUT2D eigenvalue weighted by Gasteiger charge is 2.24. The fraction of sp³-hybridized carbons (Fsp3) is 0.375. The molecule has 0 saturated carbocycles. The van der Waals surface area contributed by atoms with Crippen LogP contribution in [-0.4, -0.2) is 62.7 Å². The van der Waals surface area contributed by atoms with Crippen LogP contribution in [0.15, 0.2) is 24.5 Å². The molecule has 3 amide bonds. The third kappa shape index (κ3) is 3.58. The number of carbonyl (C=O) groups is 2. The zero-order chi connectivity index (χ0) is 18.0. The van der Waals surface area contributed by atoms with Crippen molar-refractivity contribution in [3.63, 3.8) is 0 Å². The fourth-order valence-electron chi connectivity index (χ4n) is 2.71. The molecule has 1 aromatic heterocycles. The molecule has 2 aromatic rings. The number of rotatable bonds is 3. The SMILES string of the molecule is CCc1ncn(-c2ccc(C(=O)N3CCN(C(N)=O)CC3)cc2Cl)n1. The highest BCUT2D eigenvalue weighted by atomic mass is 35.5. The zero-order valence-corrected chi connectivity index (χ0v) is 14.6. The van der Waals surface area contributed by atoms with Crippen molar-refractivity contribution in [2.75, 3.05) is 26.2 Å². The molecule has 1 aliphatic rings. The van der Waals surface area contributed by atoms with Crippen LogP contribution in [0, 0.1) is 0 Å². The van der Waals surface area contributed by atoms with Crippen LogP contribution in [0.1, 0.15) is 23.1 Å². The Morgan fingerprint density at radius 2 is 1.88 bits per heavy atom. The average molecular weight is 363 g/mol. The largest absolute Gasteiger partial charge is 0.351 e. The minimum Gasteiger partial charge on any atom is -0.351 e. The van der Waals surface area contributed by atoms with Crippen molar-refractivity contribution >= 4 is 23.5 Å². The van der Waals surface area contributed by atoms with Crippen molar-refractivity contribution in [2.24, 2.45) is 5.73 Å². The van der Waals surface area contributed by atoms with E-state index in [0.717, 1.165) is 12.2 Å². The number of amides is 3. The van der Waals surface area contributed by atoms with Gasteiger partial charge >= 0.3 is 6.03 Å². The van der Waals surface area contributed by atoms with Crippen LogP contribution in [0.5, 0.6) is 0 Å². The lowest BCUT2D eigenvalue weighted by molar-refractivity contribution is 0.0669. The summed E-state index contributed by atoms with van der Waals surface area (Å²) in [5.74, 6) is 0.606. The van der Waals surface area contributed by atoms with E-state index >= 15 is 0 Å². The number of halogens is 1. The van der Waals surface area contributed by atoms with Gasteiger partial charge in [0.2, 0.25) is 0 Å². The number of aryl methyl sites for hydroxylation is 1. The summed E-state index contributed by atoms with van der Waals surface area (Å²) < 4.78 is 1.60. The van der Waals surface area contributed by atoms with E-state index in [1.54, 1.807) is 34.1 Å². The van der Waals surface area contributed by atoms with Crippen LogP contribution in [0.2, 0.25) is 5.02 Å². The van der Waals surface area contributed by atoms with E-state index in [1.807, 2.05) is 6.92 Å². The Bertz CT molecular complexity index is 798. The maximum Gasteiger partial charge on any atom is 0.314 e. The molecule has 0 spiro atoms. The molecule has 0 aliphatic carbocycles. The number of aromatic nitrogens is 3. The number of nitrogens with zero attached hydrogens (tertiary/aromatic N) is 5. The summed E-state index contributed by atoms with van der Waals surface area (Å²) in [7, 11) is 0. The number of piperazine rings is 1. The van der Waals surface area contributed by atoms with Gasteiger partial charge in [0.05, 0.1) is 10.7 Å². The molecule has 0 atom stereocenters. The summed E-state index contributed by atoms with van der Waals surface area (Å²) in [6, 6.07) is 4.65. The maximum atomic E-state index is 12.6. The van der Waals surface area contributed by atoms with E-state index in [9.17, 15) is 9.59 Å². The summed E-state index contributed by atoms with van der Waals surface area (Å²) in [5.41, 5.74) is 6.42. The number of carbonyl (C=O) groups excluding carboxylic acids is 2. The first-order valence-electron chi connectivity index (χ1n) is 8.03. The van der Waals surface area contributed by atoms with E-state index < -0.39 is 6.03 Å². The summed E-state index contributed by atoms with van der Waals surface area (Å²) in [4.78, 5) is 31.2. The van der Waals surface area contributed by atoms with Gasteiger partial charge < -0.3 is 15.5 Å². The van der Waals surface area contributed by atoms with Gasteiger partial charge in [-0.25, -0.2) is 14.5 Å². The molecule has 1 aliphatic heterocycles. The normalized spacial score (nSPS) is 14.6. The quantitative estimate of drug-likeness (QED) is 0.890. The molecule has 1 saturated heterocycles. The van der Waals surface area contributed by atoms with Gasteiger partial charge in [-0.2, -0.15) is 5.10 Å². The van der Waals surface area contributed by atoms with E-state index in [-0.39, 0.29) is 5.91 Å². The fourth-order valence-corrected chi connectivity index (χ4v) is 2.98. The van der Waals surface area contributed by atoms with E-state index in [0.29, 0.717) is 42.5 Å². The predicted octanol–water partition coefficient (Wildman–Crippen LogP) is 1.32. The first kappa shape index (κ1) is 17.2. The molecule has 0 bridgehead atoms. The van der Waals surface area contributed by atoms with Crippen molar-refractivity contribution < 1.29 is 9.59 Å². The number of urea groups is 1. The summed E-state index contributed by atoms with van der Waals surface area (Å²) in [6.45, 7) is 3.74. The van der Waals surface area contributed by atoms with Crippen molar-refractivity contribution in [3.8, 4) is 5.69 Å². The van der Waals surface area contributed by atoms with Crippen molar-refractivity contribution in [3.05, 3.63) is 40.9 Å². The summed E-state index contributed by atoms with van der Waals surface area (Å²) in [5, 5.41) is 4.75. The Hall–Kier alpha value is -2.61. The molecule has 8 nitrogen and oxygen atoms in total. The molecular formula is C16H19ClN6O2. The Morgan fingerprint density at radius 3 is 2.44 bits per heavy atom. The molecule has 2 heterocycles. The Morgan fingerprint density at radius 1 is 1.20 bits per heavy atom. The molecule has 132 valence electrons. The monoisotopic (exact) mass is 362 g/mol. The lowest BCUT2D eigenvalue weighted by Crippen LogP contribution is -2.52. The third-order valence-corrected chi connectivity index (χ3v) is 4.48. The highest BCUT2D eigenvalue weighted by molar-refractivity contribution is 6.32. The topological polar surface area (TPSA) is 97.4 Å².